The highest BCUT2D eigenvalue weighted by atomic mass is 127. The lowest BCUT2D eigenvalue weighted by Crippen LogP contribution is -2.67. The number of allylic oxidation sites excluding steroid dienone is 2. The number of alkyl halides is 1. The Kier molecular flexibility index (Phi) is 7.36. The molecule has 7 rings (SSSR count). The zero-order chi connectivity index (χ0) is 29.2. The fraction of sp³-hybridized carbons (Fsp3) is 0.0952. The minimum absolute atomic E-state index is 0.121. The third kappa shape index (κ3) is 4.02. The van der Waals surface area contributed by atoms with Crippen LogP contribution in [0.2, 0.25) is 0 Å². The molecule has 0 radical (unpaired) electrons. The SMILES string of the molecule is IC1C=CC(c2ccccc2)(c2ccccc2)C(c2ccccc2)(c2ccccc2)C1(c1ccccc1)c1ccccc1. The van der Waals surface area contributed by atoms with Gasteiger partial charge in [0.2, 0.25) is 0 Å². The summed E-state index contributed by atoms with van der Waals surface area (Å²) in [6.07, 6.45) is 5.00. The quantitative estimate of drug-likeness (QED) is 0.0945. The normalized spacial score (nSPS) is 18.1. The van der Waals surface area contributed by atoms with Crippen LogP contribution in [-0.4, -0.2) is 3.92 Å². The van der Waals surface area contributed by atoms with Crippen LogP contribution in [-0.2, 0) is 16.2 Å². The second kappa shape index (κ2) is 11.5. The summed E-state index contributed by atoms with van der Waals surface area (Å²) in [5, 5.41) is 0. The first-order valence-corrected chi connectivity index (χ1v) is 16.2. The van der Waals surface area contributed by atoms with Crippen molar-refractivity contribution >= 4 is 22.6 Å². The van der Waals surface area contributed by atoms with Crippen molar-refractivity contribution in [3.05, 3.63) is 228 Å². The van der Waals surface area contributed by atoms with Crippen LogP contribution in [0.5, 0.6) is 0 Å². The monoisotopic (exact) mass is 664 g/mol. The zero-order valence-electron chi connectivity index (χ0n) is 23.9. The molecule has 1 aliphatic rings. The molecule has 208 valence electrons. The van der Waals surface area contributed by atoms with Gasteiger partial charge in [0, 0.05) is 3.92 Å². The second-order valence-corrected chi connectivity index (χ2v) is 12.7. The van der Waals surface area contributed by atoms with Crippen LogP contribution >= 0.6 is 22.6 Å². The third-order valence-electron chi connectivity index (χ3n) is 9.44. The van der Waals surface area contributed by atoms with Crippen LogP contribution < -0.4 is 0 Å². The van der Waals surface area contributed by atoms with E-state index in [9.17, 15) is 0 Å². The molecule has 1 unspecified atom stereocenters. The summed E-state index contributed by atoms with van der Waals surface area (Å²) in [4.78, 5) is 0. The predicted molar refractivity (Wildman–Crippen MR) is 188 cm³/mol. The van der Waals surface area contributed by atoms with Crippen LogP contribution in [0.25, 0.3) is 0 Å². The maximum Gasteiger partial charge on any atom is 0.0531 e. The molecule has 0 bridgehead atoms. The van der Waals surface area contributed by atoms with E-state index in [0.29, 0.717) is 0 Å². The Labute approximate surface area is 268 Å². The average molecular weight is 665 g/mol. The van der Waals surface area contributed by atoms with Gasteiger partial charge < -0.3 is 0 Å². The van der Waals surface area contributed by atoms with Crippen molar-refractivity contribution in [1.29, 1.82) is 0 Å². The molecule has 6 aromatic rings. The van der Waals surface area contributed by atoms with Crippen LogP contribution in [0.3, 0.4) is 0 Å². The van der Waals surface area contributed by atoms with Crippen LogP contribution in [0, 0.1) is 0 Å². The van der Waals surface area contributed by atoms with Gasteiger partial charge in [0.1, 0.15) is 0 Å². The Bertz CT molecular complexity index is 1680. The first-order valence-electron chi connectivity index (χ1n) is 14.9. The fourth-order valence-corrected chi connectivity index (χ4v) is 9.38. The summed E-state index contributed by atoms with van der Waals surface area (Å²) in [6.45, 7) is 0. The molecule has 0 fully saturated rings. The van der Waals surface area contributed by atoms with Gasteiger partial charge >= 0.3 is 0 Å². The minimum Gasteiger partial charge on any atom is -0.0767 e. The van der Waals surface area contributed by atoms with E-state index in [2.05, 4.69) is 217 Å². The number of halogens is 1. The molecule has 0 spiro atoms. The van der Waals surface area contributed by atoms with Crippen molar-refractivity contribution in [1.82, 2.24) is 0 Å². The summed E-state index contributed by atoms with van der Waals surface area (Å²) >= 11 is 2.73. The summed E-state index contributed by atoms with van der Waals surface area (Å²) in [6, 6.07) is 67.4. The van der Waals surface area contributed by atoms with E-state index in [1.165, 1.54) is 33.4 Å². The third-order valence-corrected chi connectivity index (χ3v) is 10.8. The van der Waals surface area contributed by atoms with Gasteiger partial charge in [-0.25, -0.2) is 0 Å². The molecule has 0 amide bonds. The molecule has 0 nitrogen and oxygen atoms in total. The second-order valence-electron chi connectivity index (χ2n) is 11.3. The van der Waals surface area contributed by atoms with Crippen molar-refractivity contribution < 1.29 is 0 Å². The van der Waals surface area contributed by atoms with E-state index in [4.69, 9.17) is 0 Å². The Morgan fingerprint density at radius 1 is 0.349 bits per heavy atom. The van der Waals surface area contributed by atoms with E-state index in [-0.39, 0.29) is 3.92 Å². The van der Waals surface area contributed by atoms with E-state index in [1.807, 2.05) is 0 Å². The standard InChI is InChI=1S/C42H33I/c43-39-31-32-40(33-19-7-1-8-20-33,34-21-9-2-10-22-34)42(37-27-15-5-16-28-37,38-29-17-6-18-30-38)41(39,35-23-11-3-12-24-35)36-25-13-4-14-26-36/h1-32,39H. The number of hydrogen-bond acceptors (Lipinski definition) is 0. The molecular formula is C42H33I. The van der Waals surface area contributed by atoms with Crippen molar-refractivity contribution in [3.8, 4) is 0 Å². The molecular weight excluding hydrogens is 631 g/mol. The minimum atomic E-state index is -0.617. The molecule has 0 saturated carbocycles. The van der Waals surface area contributed by atoms with Crippen molar-refractivity contribution in [2.24, 2.45) is 0 Å². The molecule has 6 aromatic carbocycles. The van der Waals surface area contributed by atoms with Gasteiger partial charge in [0.05, 0.1) is 16.2 Å². The molecule has 0 aromatic heterocycles. The first-order chi connectivity index (χ1) is 21.3. The lowest BCUT2D eigenvalue weighted by atomic mass is 9.37. The molecule has 0 aliphatic heterocycles. The molecule has 1 heteroatoms. The highest BCUT2D eigenvalue weighted by Gasteiger charge is 2.69. The van der Waals surface area contributed by atoms with Gasteiger partial charge in [0.25, 0.3) is 0 Å². The zero-order valence-corrected chi connectivity index (χ0v) is 26.1. The van der Waals surface area contributed by atoms with Crippen molar-refractivity contribution in [2.75, 3.05) is 0 Å². The Morgan fingerprint density at radius 2 is 0.628 bits per heavy atom. The summed E-state index contributed by atoms with van der Waals surface area (Å²) < 4.78 is 0.121. The van der Waals surface area contributed by atoms with E-state index in [0.717, 1.165) is 0 Å². The number of rotatable bonds is 6. The molecule has 1 atom stereocenters. The molecule has 0 N–H and O–H groups in total. The fourth-order valence-electron chi connectivity index (χ4n) is 7.98. The largest absolute Gasteiger partial charge is 0.0767 e. The smallest absolute Gasteiger partial charge is 0.0531 e. The van der Waals surface area contributed by atoms with E-state index >= 15 is 0 Å². The summed E-state index contributed by atoms with van der Waals surface area (Å²) in [5.74, 6) is 0. The Morgan fingerprint density at radius 3 is 0.953 bits per heavy atom. The van der Waals surface area contributed by atoms with E-state index < -0.39 is 16.2 Å². The summed E-state index contributed by atoms with van der Waals surface area (Å²) in [7, 11) is 0. The first kappa shape index (κ1) is 27.6. The van der Waals surface area contributed by atoms with Gasteiger partial charge in [-0.1, -0.05) is 217 Å². The lowest BCUT2D eigenvalue weighted by Gasteiger charge is -2.65. The average Bonchev–Trinajstić information content (AvgIpc) is 3.10. The van der Waals surface area contributed by atoms with Crippen LogP contribution in [0.1, 0.15) is 33.4 Å². The predicted octanol–water partition coefficient (Wildman–Crippen LogP) is 10.3. The van der Waals surface area contributed by atoms with Crippen molar-refractivity contribution in [3.63, 3.8) is 0 Å². The molecule has 1 aliphatic carbocycles. The van der Waals surface area contributed by atoms with Gasteiger partial charge in [0.15, 0.2) is 0 Å². The van der Waals surface area contributed by atoms with Gasteiger partial charge in [-0.05, 0) is 33.4 Å². The summed E-state index contributed by atoms with van der Waals surface area (Å²) in [5.41, 5.74) is 6.00. The number of benzene rings is 6. The lowest BCUT2D eigenvalue weighted by molar-refractivity contribution is 0.223. The maximum absolute atomic E-state index is 2.73. The van der Waals surface area contributed by atoms with E-state index in [1.54, 1.807) is 0 Å². The number of hydrogen-bond donors (Lipinski definition) is 0. The molecule has 0 saturated heterocycles. The topological polar surface area (TPSA) is 0 Å². The van der Waals surface area contributed by atoms with Crippen LogP contribution in [0.4, 0.5) is 0 Å². The maximum atomic E-state index is 2.73. The van der Waals surface area contributed by atoms with Gasteiger partial charge in [-0.2, -0.15) is 0 Å². The Balaban J connectivity index is 1.83. The van der Waals surface area contributed by atoms with Gasteiger partial charge in [-0.3, -0.25) is 0 Å². The Hall–Kier alpha value is -4.21. The molecule has 43 heavy (non-hydrogen) atoms. The molecule has 0 heterocycles. The highest BCUT2D eigenvalue weighted by molar-refractivity contribution is 14.1. The van der Waals surface area contributed by atoms with Crippen molar-refractivity contribution in [2.45, 2.75) is 20.2 Å². The highest BCUT2D eigenvalue weighted by Crippen LogP contribution is 2.68. The van der Waals surface area contributed by atoms with Crippen LogP contribution in [0.15, 0.2) is 194 Å². The van der Waals surface area contributed by atoms with Gasteiger partial charge in [-0.15, -0.1) is 0 Å².